The maximum atomic E-state index is 14.7. The third kappa shape index (κ3) is 1.76. The Morgan fingerprint density at radius 3 is 2.46 bits per heavy atom. The lowest BCUT2D eigenvalue weighted by Gasteiger charge is -2.40. The molecule has 9 heteroatoms. The standard InChI is InChI=1S/C17H14FIN2O5/c1-15-10-11(16(2,26-15)17(24,25)14(15)18)13(23)21(12(10)22)8-4-3-7(6-20)9(19)5-8/h3-5,10-11,14,24-25H,1-2H3/t10-,11+,14+,15+,16-/m0/s1. The number of halogens is 2. The first-order chi connectivity index (χ1) is 12.0. The van der Waals surface area contributed by atoms with Crippen LogP contribution in [0.3, 0.4) is 0 Å². The van der Waals surface area contributed by atoms with E-state index < -0.39 is 46.8 Å². The largest absolute Gasteiger partial charge is 0.361 e. The van der Waals surface area contributed by atoms with Crippen molar-refractivity contribution in [2.75, 3.05) is 4.90 Å². The van der Waals surface area contributed by atoms with Gasteiger partial charge in [0.1, 0.15) is 17.3 Å². The molecule has 0 saturated carbocycles. The summed E-state index contributed by atoms with van der Waals surface area (Å²) in [5.41, 5.74) is -3.11. The van der Waals surface area contributed by atoms with Crippen LogP contribution >= 0.6 is 22.6 Å². The topological polar surface area (TPSA) is 111 Å². The van der Waals surface area contributed by atoms with Crippen LogP contribution in [0, 0.1) is 26.7 Å². The van der Waals surface area contributed by atoms with Gasteiger partial charge in [-0.25, -0.2) is 9.29 Å². The van der Waals surface area contributed by atoms with Crippen molar-refractivity contribution in [2.45, 2.75) is 37.0 Å². The average molecular weight is 472 g/mol. The number of hydrogen-bond donors (Lipinski definition) is 2. The molecule has 0 aliphatic carbocycles. The molecular formula is C17H14FIN2O5. The first kappa shape index (κ1) is 17.8. The number of fused-ring (bicyclic) bond motifs is 5. The lowest BCUT2D eigenvalue weighted by Crippen LogP contribution is -2.64. The Bertz CT molecular complexity index is 915. The Morgan fingerprint density at radius 2 is 1.88 bits per heavy atom. The minimum Gasteiger partial charge on any atom is -0.361 e. The van der Waals surface area contributed by atoms with Gasteiger partial charge in [0.25, 0.3) is 0 Å². The molecule has 0 spiro atoms. The summed E-state index contributed by atoms with van der Waals surface area (Å²) in [5, 5.41) is 29.5. The number of anilines is 1. The number of hydrogen-bond acceptors (Lipinski definition) is 6. The molecule has 3 heterocycles. The van der Waals surface area contributed by atoms with Crippen LogP contribution in [0.2, 0.25) is 0 Å². The molecule has 3 saturated heterocycles. The quantitative estimate of drug-likeness (QED) is 0.356. The van der Waals surface area contributed by atoms with Crippen LogP contribution in [0.1, 0.15) is 19.4 Å². The van der Waals surface area contributed by atoms with E-state index >= 15 is 0 Å². The van der Waals surface area contributed by atoms with E-state index in [9.17, 15) is 24.2 Å². The van der Waals surface area contributed by atoms with Crippen molar-refractivity contribution in [3.8, 4) is 6.07 Å². The highest BCUT2D eigenvalue weighted by molar-refractivity contribution is 14.1. The molecule has 136 valence electrons. The molecule has 2 amide bonds. The van der Waals surface area contributed by atoms with Gasteiger partial charge in [0, 0.05) is 3.57 Å². The molecule has 3 fully saturated rings. The number of alkyl halides is 1. The molecule has 5 atom stereocenters. The summed E-state index contributed by atoms with van der Waals surface area (Å²) >= 11 is 1.92. The minimum atomic E-state index is -2.88. The maximum absolute atomic E-state index is 14.7. The van der Waals surface area contributed by atoms with Crippen LogP contribution in [-0.4, -0.2) is 45.2 Å². The second kappa shape index (κ2) is 5.01. The van der Waals surface area contributed by atoms with E-state index in [1.165, 1.54) is 32.0 Å². The lowest BCUT2D eigenvalue weighted by molar-refractivity contribution is -0.266. The fraction of sp³-hybridized carbons (Fsp3) is 0.471. The third-order valence-corrected chi connectivity index (χ3v) is 6.76. The van der Waals surface area contributed by atoms with E-state index in [2.05, 4.69) is 0 Å². The van der Waals surface area contributed by atoms with Crippen molar-refractivity contribution < 1.29 is 28.9 Å². The average Bonchev–Trinajstić information content (AvgIpc) is 3.04. The van der Waals surface area contributed by atoms with Crippen molar-refractivity contribution in [3.05, 3.63) is 27.3 Å². The summed E-state index contributed by atoms with van der Waals surface area (Å²) in [6, 6.07) is 6.46. The van der Waals surface area contributed by atoms with E-state index in [4.69, 9.17) is 10.00 Å². The normalized spacial score (nSPS) is 40.0. The number of nitriles is 1. The van der Waals surface area contributed by atoms with Crippen LogP contribution in [0.25, 0.3) is 0 Å². The van der Waals surface area contributed by atoms with Crippen LogP contribution in [-0.2, 0) is 14.3 Å². The lowest BCUT2D eigenvalue weighted by atomic mass is 9.65. The van der Waals surface area contributed by atoms with E-state index in [0.717, 1.165) is 4.90 Å². The Labute approximate surface area is 161 Å². The Morgan fingerprint density at radius 1 is 1.27 bits per heavy atom. The molecular weight excluding hydrogens is 458 g/mol. The number of carbonyl (C=O) groups excluding carboxylic acids is 2. The summed E-state index contributed by atoms with van der Waals surface area (Å²) in [4.78, 5) is 26.9. The number of amides is 2. The van der Waals surface area contributed by atoms with E-state index in [1.54, 1.807) is 0 Å². The van der Waals surface area contributed by atoms with Gasteiger partial charge in [-0.1, -0.05) is 0 Å². The van der Waals surface area contributed by atoms with Crippen LogP contribution in [0.4, 0.5) is 10.1 Å². The predicted octanol–water partition coefficient (Wildman–Crippen LogP) is 0.849. The maximum Gasteiger partial charge on any atom is 0.240 e. The van der Waals surface area contributed by atoms with E-state index in [0.29, 0.717) is 9.13 Å². The first-order valence-corrected chi connectivity index (χ1v) is 8.95. The van der Waals surface area contributed by atoms with Crippen molar-refractivity contribution in [1.29, 1.82) is 5.26 Å². The fourth-order valence-electron chi connectivity index (χ4n) is 4.54. The van der Waals surface area contributed by atoms with Crippen LogP contribution in [0.5, 0.6) is 0 Å². The molecule has 1 aromatic carbocycles. The van der Waals surface area contributed by atoms with Crippen molar-refractivity contribution >= 4 is 40.1 Å². The molecule has 2 N–H and O–H groups in total. The van der Waals surface area contributed by atoms with Gasteiger partial charge in [-0.15, -0.1) is 0 Å². The van der Waals surface area contributed by atoms with E-state index in [1.807, 2.05) is 28.7 Å². The number of aliphatic hydroxyl groups is 2. The number of nitrogens with zero attached hydrogens (tertiary/aromatic N) is 2. The van der Waals surface area contributed by atoms with Gasteiger partial charge in [0.2, 0.25) is 17.6 Å². The zero-order chi connectivity index (χ0) is 19.2. The van der Waals surface area contributed by atoms with Crippen molar-refractivity contribution in [3.63, 3.8) is 0 Å². The number of rotatable bonds is 1. The third-order valence-electron chi connectivity index (χ3n) is 5.87. The minimum absolute atomic E-state index is 0.251. The molecule has 1 aromatic rings. The zero-order valence-corrected chi connectivity index (χ0v) is 15.9. The summed E-state index contributed by atoms with van der Waals surface area (Å²) in [6.07, 6.45) is -2.24. The van der Waals surface area contributed by atoms with E-state index in [-0.39, 0.29) is 5.69 Å². The molecule has 3 aliphatic heterocycles. The summed E-state index contributed by atoms with van der Waals surface area (Å²) < 4.78 is 20.8. The Balaban J connectivity index is 1.83. The summed E-state index contributed by atoms with van der Waals surface area (Å²) in [6.45, 7) is 2.53. The van der Waals surface area contributed by atoms with Gasteiger partial charge in [-0.05, 0) is 54.6 Å². The van der Waals surface area contributed by atoms with Crippen molar-refractivity contribution in [2.24, 2.45) is 11.8 Å². The Kier molecular flexibility index (Phi) is 3.43. The smallest absolute Gasteiger partial charge is 0.240 e. The summed E-state index contributed by atoms with van der Waals surface area (Å²) in [5.74, 6) is -6.57. The fourth-order valence-corrected chi connectivity index (χ4v) is 5.16. The van der Waals surface area contributed by atoms with Crippen molar-refractivity contribution in [1.82, 2.24) is 0 Å². The molecule has 0 aromatic heterocycles. The Hall–Kier alpha value is -1.61. The van der Waals surface area contributed by atoms with Gasteiger partial charge in [-0.3, -0.25) is 9.59 Å². The highest BCUT2D eigenvalue weighted by Crippen LogP contribution is 2.64. The second-order valence-corrected chi connectivity index (χ2v) is 8.39. The van der Waals surface area contributed by atoms with Crippen LogP contribution < -0.4 is 4.90 Å². The summed E-state index contributed by atoms with van der Waals surface area (Å²) in [7, 11) is 0. The second-order valence-electron chi connectivity index (χ2n) is 7.22. The number of ether oxygens (including phenoxy) is 1. The molecule has 4 rings (SSSR count). The number of imide groups is 1. The van der Waals surface area contributed by atoms with Gasteiger partial charge in [0.15, 0.2) is 6.17 Å². The highest BCUT2D eigenvalue weighted by atomic mass is 127. The molecule has 7 nitrogen and oxygen atoms in total. The zero-order valence-electron chi connectivity index (χ0n) is 13.7. The molecule has 2 bridgehead atoms. The highest BCUT2D eigenvalue weighted by Gasteiger charge is 2.85. The van der Waals surface area contributed by atoms with Gasteiger partial charge in [0.05, 0.1) is 23.1 Å². The molecule has 0 unspecified atom stereocenters. The molecule has 3 aliphatic rings. The van der Waals surface area contributed by atoms with Gasteiger partial charge < -0.3 is 14.9 Å². The monoisotopic (exact) mass is 472 g/mol. The first-order valence-electron chi connectivity index (χ1n) is 7.87. The predicted molar refractivity (Wildman–Crippen MR) is 93.3 cm³/mol. The number of benzene rings is 1. The van der Waals surface area contributed by atoms with Crippen LogP contribution in [0.15, 0.2) is 18.2 Å². The van der Waals surface area contributed by atoms with Gasteiger partial charge in [-0.2, -0.15) is 5.26 Å². The molecule has 26 heavy (non-hydrogen) atoms. The van der Waals surface area contributed by atoms with Gasteiger partial charge >= 0.3 is 0 Å². The number of carbonyl (C=O) groups is 2. The molecule has 0 radical (unpaired) electrons. The SMILES string of the molecule is C[C@@]12O[C@@](C)([C@H]3C(=O)N(c4ccc(C#N)c(I)c4)C(=O)[C@H]31)C(O)(O)[C@@H]2F.